The monoisotopic (exact) mass is 436 g/mol. The molecule has 3 atom stereocenters. The normalized spacial score (nSPS) is 23.5. The lowest BCUT2D eigenvalue weighted by Crippen LogP contribution is -2.54. The Morgan fingerprint density at radius 3 is 2.42 bits per heavy atom. The first-order valence-electron chi connectivity index (χ1n) is 10.5. The molecule has 1 aliphatic heterocycles. The minimum absolute atomic E-state index is 0.0343. The number of hydrogen-bond donors (Lipinski definition) is 0. The van der Waals surface area contributed by atoms with Crippen LogP contribution in [0.5, 0.6) is 11.5 Å². The third kappa shape index (κ3) is 4.89. The summed E-state index contributed by atoms with van der Waals surface area (Å²) in [5.41, 5.74) is 0.347. The zero-order valence-corrected chi connectivity index (χ0v) is 17.7. The lowest BCUT2D eigenvalue weighted by molar-refractivity contribution is -0.137. The number of nitrogens with zero attached hydrogens (tertiary/aromatic N) is 2. The van der Waals surface area contributed by atoms with Gasteiger partial charge in [-0.05, 0) is 49.6 Å². The van der Waals surface area contributed by atoms with Crippen molar-refractivity contribution in [1.82, 2.24) is 4.98 Å². The van der Waals surface area contributed by atoms with Crippen molar-refractivity contribution in [1.29, 1.82) is 0 Å². The fourth-order valence-electron chi connectivity index (χ4n) is 4.60. The van der Waals surface area contributed by atoms with Gasteiger partial charge in [-0.3, -0.25) is 0 Å². The topological polar surface area (TPSA) is 43.8 Å². The van der Waals surface area contributed by atoms with Gasteiger partial charge in [-0.15, -0.1) is 0 Å². The quantitative estimate of drug-likeness (QED) is 0.591. The first-order chi connectivity index (χ1) is 14.8. The van der Waals surface area contributed by atoms with Crippen molar-refractivity contribution in [3.8, 4) is 11.5 Å². The van der Waals surface area contributed by atoms with E-state index in [1.807, 2.05) is 25.1 Å². The Kier molecular flexibility index (Phi) is 6.27. The number of alkyl halides is 3. The van der Waals surface area contributed by atoms with Gasteiger partial charge in [0.05, 0.1) is 5.56 Å². The van der Waals surface area contributed by atoms with Gasteiger partial charge in [-0.25, -0.2) is 4.98 Å². The average Bonchev–Trinajstić information content (AvgIpc) is 2.73. The van der Waals surface area contributed by atoms with Crippen LogP contribution < -0.4 is 14.4 Å². The van der Waals surface area contributed by atoms with Crippen molar-refractivity contribution < 1.29 is 27.4 Å². The van der Waals surface area contributed by atoms with Gasteiger partial charge < -0.3 is 19.1 Å². The first kappa shape index (κ1) is 21.7. The summed E-state index contributed by atoms with van der Waals surface area (Å²) in [4.78, 5) is 6.18. The molecule has 1 aliphatic carbocycles. The largest absolute Gasteiger partial charge is 0.486 e. The predicted molar refractivity (Wildman–Crippen MR) is 110 cm³/mol. The van der Waals surface area contributed by atoms with Crippen molar-refractivity contribution in [2.45, 2.75) is 38.5 Å². The number of pyridine rings is 1. The summed E-state index contributed by atoms with van der Waals surface area (Å²) in [6.07, 6.45) is -0.271. The Morgan fingerprint density at radius 1 is 1.06 bits per heavy atom. The van der Waals surface area contributed by atoms with Crippen molar-refractivity contribution in [3.05, 3.63) is 47.7 Å². The van der Waals surface area contributed by atoms with Crippen LogP contribution in [0.3, 0.4) is 0 Å². The number of fused-ring (bicyclic) bond motifs is 2. The number of hydrogen-bond acceptors (Lipinski definition) is 5. The molecule has 2 aliphatic rings. The molecule has 2 heterocycles. The Hall–Kier alpha value is -2.48. The lowest BCUT2D eigenvalue weighted by atomic mass is 9.75. The second-order valence-corrected chi connectivity index (χ2v) is 8.34. The summed E-state index contributed by atoms with van der Waals surface area (Å²) in [5.74, 6) is 2.49. The summed E-state index contributed by atoms with van der Waals surface area (Å²) >= 11 is 0. The summed E-state index contributed by atoms with van der Waals surface area (Å²) in [5, 5.41) is 0. The van der Waals surface area contributed by atoms with Crippen molar-refractivity contribution >= 4 is 5.82 Å². The molecule has 2 aromatic rings. The molecule has 31 heavy (non-hydrogen) atoms. The summed E-state index contributed by atoms with van der Waals surface area (Å²) in [7, 11) is 1.58. The molecule has 2 fully saturated rings. The van der Waals surface area contributed by atoms with Crippen LogP contribution in [-0.2, 0) is 10.9 Å². The molecule has 2 bridgehead atoms. The maximum atomic E-state index is 12.9. The number of methoxy groups -OCH3 is 1. The molecule has 1 aromatic heterocycles. The number of rotatable bonds is 6. The van der Waals surface area contributed by atoms with Gasteiger partial charge in [-0.1, -0.05) is 12.5 Å². The Bertz CT molecular complexity index is 875. The van der Waals surface area contributed by atoms with Crippen molar-refractivity contribution in [2.24, 2.45) is 11.8 Å². The number of aryl methyl sites for hydroxylation is 1. The fourth-order valence-corrected chi connectivity index (χ4v) is 4.60. The Balaban J connectivity index is 1.49. The maximum Gasteiger partial charge on any atom is 0.417 e. The molecule has 0 amide bonds. The van der Waals surface area contributed by atoms with E-state index in [2.05, 4.69) is 9.88 Å². The highest BCUT2D eigenvalue weighted by Crippen LogP contribution is 2.41. The van der Waals surface area contributed by atoms with E-state index in [4.69, 9.17) is 14.2 Å². The molecule has 168 valence electrons. The highest BCUT2D eigenvalue weighted by atomic mass is 19.4. The van der Waals surface area contributed by atoms with E-state index < -0.39 is 11.7 Å². The second-order valence-electron chi connectivity index (χ2n) is 8.34. The molecule has 0 N–H and O–H groups in total. The van der Waals surface area contributed by atoms with Gasteiger partial charge in [0, 0.05) is 38.2 Å². The summed E-state index contributed by atoms with van der Waals surface area (Å²) in [6, 6.07) is 8.43. The first-order valence-corrected chi connectivity index (χ1v) is 10.5. The number of piperidine rings is 1. The fraction of sp³-hybridized carbons (Fsp3) is 0.522. The second kappa shape index (κ2) is 8.94. The van der Waals surface area contributed by atoms with Gasteiger partial charge in [0.15, 0.2) is 18.3 Å². The van der Waals surface area contributed by atoms with Gasteiger partial charge in [0.25, 0.3) is 0 Å². The van der Waals surface area contributed by atoms with Crippen molar-refractivity contribution in [3.63, 3.8) is 0 Å². The van der Waals surface area contributed by atoms with Gasteiger partial charge >= 0.3 is 6.18 Å². The highest BCUT2D eigenvalue weighted by molar-refractivity contribution is 5.44. The third-order valence-electron chi connectivity index (χ3n) is 6.08. The standard InChI is InChI=1S/C23H27F3N2O3/c1-15-6-8-19(20(10-15)30-14-29-2)31-22-16-4-3-5-17(22)13-28(12-16)21-9-7-18(11-27-21)23(24,25)26/h6-11,16-17,22H,3-5,12-14H2,1-2H3/t16-,17+,22-. The maximum absolute atomic E-state index is 12.9. The van der Waals surface area contributed by atoms with Crippen LogP contribution >= 0.6 is 0 Å². The number of aromatic nitrogens is 1. The molecule has 1 aromatic carbocycles. The molecule has 0 unspecified atom stereocenters. The van der Waals surface area contributed by atoms with Crippen LogP contribution in [0.4, 0.5) is 19.0 Å². The summed E-state index contributed by atoms with van der Waals surface area (Å²) < 4.78 is 55.8. The van der Waals surface area contributed by atoms with Crippen LogP contribution in [-0.4, -0.2) is 38.1 Å². The number of ether oxygens (including phenoxy) is 3. The Morgan fingerprint density at radius 2 is 1.81 bits per heavy atom. The van der Waals surface area contributed by atoms with E-state index >= 15 is 0 Å². The van der Waals surface area contributed by atoms with E-state index in [1.54, 1.807) is 7.11 Å². The van der Waals surface area contributed by atoms with Crippen LogP contribution in [0.25, 0.3) is 0 Å². The van der Waals surface area contributed by atoms with E-state index in [1.165, 1.54) is 6.07 Å². The molecule has 5 nitrogen and oxygen atoms in total. The minimum atomic E-state index is -4.38. The third-order valence-corrected chi connectivity index (χ3v) is 6.08. The minimum Gasteiger partial charge on any atom is -0.486 e. The predicted octanol–water partition coefficient (Wildman–Crippen LogP) is 5.08. The molecule has 4 rings (SSSR count). The van der Waals surface area contributed by atoms with Crippen molar-refractivity contribution in [2.75, 3.05) is 31.9 Å². The zero-order chi connectivity index (χ0) is 22.0. The molecular formula is C23H27F3N2O3. The SMILES string of the molecule is COCOc1cc(C)ccc1O[C@@H]1[C@@H]2CCC[C@H]1CN(c1ccc(C(F)(F)F)cn1)C2. The van der Waals surface area contributed by atoms with Gasteiger partial charge in [0.1, 0.15) is 11.9 Å². The van der Waals surface area contributed by atoms with Crippen LogP contribution in [0.2, 0.25) is 0 Å². The van der Waals surface area contributed by atoms with Crippen LogP contribution in [0.1, 0.15) is 30.4 Å². The van der Waals surface area contributed by atoms with E-state index in [-0.39, 0.29) is 24.7 Å². The lowest BCUT2D eigenvalue weighted by Gasteiger charge is -2.47. The number of halogens is 3. The Labute approximate surface area is 180 Å². The van der Waals surface area contributed by atoms with Crippen LogP contribution in [0.15, 0.2) is 36.5 Å². The smallest absolute Gasteiger partial charge is 0.417 e. The van der Waals surface area contributed by atoms with E-state index in [0.29, 0.717) is 30.4 Å². The highest BCUT2D eigenvalue weighted by Gasteiger charge is 2.42. The van der Waals surface area contributed by atoms with E-state index in [0.717, 1.165) is 37.1 Å². The average molecular weight is 436 g/mol. The van der Waals surface area contributed by atoms with Gasteiger partial charge in [-0.2, -0.15) is 13.2 Å². The van der Waals surface area contributed by atoms with Gasteiger partial charge in [0.2, 0.25) is 0 Å². The van der Waals surface area contributed by atoms with E-state index in [9.17, 15) is 13.2 Å². The van der Waals surface area contributed by atoms with Crippen LogP contribution in [0, 0.1) is 18.8 Å². The molecule has 1 saturated heterocycles. The molecule has 8 heteroatoms. The molecular weight excluding hydrogens is 409 g/mol. The number of benzene rings is 1. The molecule has 0 radical (unpaired) electrons. The molecule has 0 spiro atoms. The number of anilines is 1. The zero-order valence-electron chi connectivity index (χ0n) is 17.7. The summed E-state index contributed by atoms with van der Waals surface area (Å²) in [6.45, 7) is 3.55. The molecule has 1 saturated carbocycles.